The van der Waals surface area contributed by atoms with Crippen molar-refractivity contribution >= 4 is 40.1 Å². The Bertz CT molecular complexity index is 1560. The molecule has 0 radical (unpaired) electrons. The van der Waals surface area contributed by atoms with Gasteiger partial charge in [-0.2, -0.15) is 0 Å². The Morgan fingerprint density at radius 3 is 2.62 bits per heavy atom. The molecule has 32 heavy (non-hydrogen) atoms. The van der Waals surface area contributed by atoms with E-state index in [0.717, 1.165) is 5.56 Å². The second-order valence-electron chi connectivity index (χ2n) is 7.26. The lowest BCUT2D eigenvalue weighted by Crippen LogP contribution is -2.05. The zero-order chi connectivity index (χ0) is 24.0. The molecule has 0 fully saturated rings. The standard InChI is InChI=1S/C25H17Cl2N3O2/c26-17-8-6-15(7-9-17)13-30-14-28-22(16-4-2-1-3-5-16)24(30)21-19-11-10-18(27)12-20(19)29-23(21)25(31)32/h1-12,14,29H,13H2,(H,31,32)/i6D,8D. The summed E-state index contributed by atoms with van der Waals surface area (Å²) in [7, 11) is 0. The smallest absolute Gasteiger partial charge is 0.353 e. The molecule has 0 amide bonds. The van der Waals surface area contributed by atoms with Gasteiger partial charge in [0.05, 0.1) is 20.5 Å². The van der Waals surface area contributed by atoms with E-state index in [1.165, 1.54) is 0 Å². The summed E-state index contributed by atoms with van der Waals surface area (Å²) in [5.41, 5.74) is 3.64. The van der Waals surface area contributed by atoms with Crippen molar-refractivity contribution in [1.82, 2.24) is 14.5 Å². The highest BCUT2D eigenvalue weighted by Crippen LogP contribution is 2.39. The molecular formula is C25H17Cl2N3O2. The Kier molecular flexibility index (Phi) is 4.62. The molecule has 0 unspecified atom stereocenters. The van der Waals surface area contributed by atoms with Gasteiger partial charge in [-0.1, -0.05) is 71.7 Å². The van der Waals surface area contributed by atoms with Crippen molar-refractivity contribution in [2.75, 3.05) is 0 Å². The van der Waals surface area contributed by atoms with Crippen LogP contribution in [0.2, 0.25) is 10.0 Å². The fourth-order valence-corrected chi connectivity index (χ4v) is 4.10. The molecule has 2 heterocycles. The highest BCUT2D eigenvalue weighted by atomic mass is 35.5. The molecule has 0 aliphatic rings. The molecular weight excluding hydrogens is 445 g/mol. The molecule has 0 saturated carbocycles. The summed E-state index contributed by atoms with van der Waals surface area (Å²) < 4.78 is 18.2. The molecule has 3 aromatic carbocycles. The number of carboxylic acids is 1. The Morgan fingerprint density at radius 2 is 1.84 bits per heavy atom. The van der Waals surface area contributed by atoms with Crippen molar-refractivity contribution in [2.24, 2.45) is 0 Å². The molecule has 7 heteroatoms. The maximum Gasteiger partial charge on any atom is 0.353 e. The number of nitrogens with one attached hydrogen (secondary N) is 1. The van der Waals surface area contributed by atoms with Gasteiger partial charge >= 0.3 is 5.97 Å². The van der Waals surface area contributed by atoms with Gasteiger partial charge in [0.25, 0.3) is 0 Å². The summed E-state index contributed by atoms with van der Waals surface area (Å²) in [5, 5.41) is 11.4. The number of rotatable bonds is 5. The number of imidazole rings is 1. The SMILES string of the molecule is [2H]c1c(Cl)ccc(Cn2cnc(-c3ccccc3)c2-c2c(C(=O)O)[nH]c3cc(Cl)ccc23)c1[2H]. The van der Waals surface area contributed by atoms with Crippen LogP contribution in [0.1, 0.15) is 18.8 Å². The monoisotopic (exact) mass is 463 g/mol. The molecule has 2 N–H and O–H groups in total. The average molecular weight is 464 g/mol. The van der Waals surface area contributed by atoms with Crippen LogP contribution in [0.15, 0.2) is 79.1 Å². The van der Waals surface area contributed by atoms with E-state index in [1.54, 1.807) is 41.2 Å². The molecule has 158 valence electrons. The predicted molar refractivity (Wildman–Crippen MR) is 127 cm³/mol. The quantitative estimate of drug-likeness (QED) is 0.302. The van der Waals surface area contributed by atoms with Crippen LogP contribution in [0, 0.1) is 0 Å². The topological polar surface area (TPSA) is 70.9 Å². The third kappa shape index (κ3) is 3.66. The first kappa shape index (κ1) is 18.1. The summed E-state index contributed by atoms with van der Waals surface area (Å²) >= 11 is 12.2. The van der Waals surface area contributed by atoms with Crippen LogP contribution in [-0.2, 0) is 6.54 Å². The largest absolute Gasteiger partial charge is 0.477 e. The number of hydrogen-bond acceptors (Lipinski definition) is 2. The number of aromatic carboxylic acids is 1. The van der Waals surface area contributed by atoms with Crippen LogP contribution in [0.3, 0.4) is 0 Å². The van der Waals surface area contributed by atoms with Gasteiger partial charge in [-0.05, 0) is 29.8 Å². The van der Waals surface area contributed by atoms with Crippen LogP contribution in [-0.4, -0.2) is 25.6 Å². The summed E-state index contributed by atoms with van der Waals surface area (Å²) in [4.78, 5) is 19.9. The van der Waals surface area contributed by atoms with E-state index < -0.39 is 5.97 Å². The molecule has 0 bridgehead atoms. The lowest BCUT2D eigenvalue weighted by atomic mass is 10.0. The maximum absolute atomic E-state index is 12.3. The minimum absolute atomic E-state index is 0.0116. The molecule has 5 aromatic rings. The van der Waals surface area contributed by atoms with E-state index in [4.69, 9.17) is 25.9 Å². The lowest BCUT2D eigenvalue weighted by Gasteiger charge is -2.12. The van der Waals surface area contributed by atoms with Gasteiger partial charge in [-0.15, -0.1) is 0 Å². The number of carboxylic acid groups (broad SMARTS) is 1. The van der Waals surface area contributed by atoms with Gasteiger partial charge in [0, 0.05) is 38.6 Å². The van der Waals surface area contributed by atoms with Crippen LogP contribution < -0.4 is 0 Å². The van der Waals surface area contributed by atoms with E-state index >= 15 is 0 Å². The van der Waals surface area contributed by atoms with Gasteiger partial charge < -0.3 is 14.7 Å². The zero-order valence-electron chi connectivity index (χ0n) is 18.6. The number of hydrogen-bond donors (Lipinski definition) is 2. The Morgan fingerprint density at radius 1 is 1.06 bits per heavy atom. The van der Waals surface area contributed by atoms with E-state index in [9.17, 15) is 9.90 Å². The third-order valence-corrected chi connectivity index (χ3v) is 5.67. The minimum Gasteiger partial charge on any atom is -0.477 e. The first-order chi connectivity index (χ1) is 16.3. The highest BCUT2D eigenvalue weighted by molar-refractivity contribution is 6.31. The van der Waals surface area contributed by atoms with Crippen molar-refractivity contribution in [2.45, 2.75) is 6.54 Å². The van der Waals surface area contributed by atoms with Gasteiger partial charge in [0.1, 0.15) is 5.69 Å². The Labute approximate surface area is 196 Å². The lowest BCUT2D eigenvalue weighted by molar-refractivity contribution is 0.0692. The fraction of sp³-hybridized carbons (Fsp3) is 0.0400. The summed E-state index contributed by atoms with van der Waals surface area (Å²) in [5.74, 6) is -1.12. The van der Waals surface area contributed by atoms with Crippen molar-refractivity contribution in [3.63, 3.8) is 0 Å². The van der Waals surface area contributed by atoms with Crippen LogP contribution >= 0.6 is 23.2 Å². The number of fused-ring (bicyclic) bond motifs is 1. The Balaban J connectivity index is 1.80. The van der Waals surface area contributed by atoms with Crippen molar-refractivity contribution in [3.05, 3.63) is 100 Å². The number of aromatic nitrogens is 3. The van der Waals surface area contributed by atoms with Gasteiger partial charge in [-0.3, -0.25) is 0 Å². The number of carbonyl (C=O) groups is 1. The molecule has 5 nitrogen and oxygen atoms in total. The zero-order valence-corrected chi connectivity index (χ0v) is 18.1. The number of benzene rings is 3. The molecule has 0 aliphatic heterocycles. The Hall–Kier alpha value is -3.54. The van der Waals surface area contributed by atoms with Crippen molar-refractivity contribution in [3.8, 4) is 22.5 Å². The van der Waals surface area contributed by atoms with E-state index in [2.05, 4.69) is 9.97 Å². The summed E-state index contributed by atoms with van der Waals surface area (Å²) in [6.45, 7) is 0.205. The number of halogens is 2. The van der Waals surface area contributed by atoms with Crippen LogP contribution in [0.4, 0.5) is 0 Å². The van der Waals surface area contributed by atoms with Crippen molar-refractivity contribution < 1.29 is 12.6 Å². The molecule has 5 rings (SSSR count). The molecule has 0 atom stereocenters. The average Bonchev–Trinajstić information content (AvgIpc) is 3.40. The normalized spacial score (nSPS) is 12.1. The van der Waals surface area contributed by atoms with Crippen LogP contribution in [0.5, 0.6) is 0 Å². The van der Waals surface area contributed by atoms with E-state index in [0.29, 0.717) is 38.4 Å². The first-order valence-electron chi connectivity index (χ1n) is 10.7. The van der Waals surface area contributed by atoms with Crippen LogP contribution in [0.25, 0.3) is 33.4 Å². The molecule has 2 aromatic heterocycles. The number of nitrogens with zero attached hydrogens (tertiary/aromatic N) is 2. The summed E-state index contributed by atoms with van der Waals surface area (Å²) in [6.07, 6.45) is 1.62. The maximum atomic E-state index is 12.3. The van der Waals surface area contributed by atoms with Crippen molar-refractivity contribution in [1.29, 1.82) is 0 Å². The highest BCUT2D eigenvalue weighted by Gasteiger charge is 2.25. The third-order valence-electron chi connectivity index (χ3n) is 5.21. The number of H-pyrrole nitrogens is 1. The van der Waals surface area contributed by atoms with Gasteiger partial charge in [0.15, 0.2) is 0 Å². The van der Waals surface area contributed by atoms with E-state index in [1.807, 2.05) is 30.3 Å². The first-order valence-corrected chi connectivity index (χ1v) is 10.5. The second kappa shape index (κ2) is 8.19. The second-order valence-corrected chi connectivity index (χ2v) is 8.11. The van der Waals surface area contributed by atoms with Gasteiger partial charge in [-0.25, -0.2) is 9.78 Å². The molecule has 0 spiro atoms. The molecule has 0 aliphatic carbocycles. The fourth-order valence-electron chi connectivity index (χ4n) is 3.82. The summed E-state index contributed by atoms with van der Waals surface area (Å²) in [6, 6.07) is 17.9. The number of aromatic amines is 1. The molecule has 0 saturated heterocycles. The van der Waals surface area contributed by atoms with E-state index in [-0.39, 0.29) is 29.3 Å². The predicted octanol–water partition coefficient (Wildman–Crippen LogP) is 6.75. The van der Waals surface area contributed by atoms with Gasteiger partial charge in [0.2, 0.25) is 0 Å². The minimum atomic E-state index is -1.12.